The maximum atomic E-state index is 10.7. The molecule has 1 saturated heterocycles. The van der Waals surface area contributed by atoms with Crippen LogP contribution in [0, 0.1) is 10.1 Å². The molecule has 1 aromatic rings. The zero-order valence-electron chi connectivity index (χ0n) is 7.84. The number of aromatic hydroxyl groups is 1. The van der Waals surface area contributed by atoms with Crippen molar-refractivity contribution in [2.75, 3.05) is 6.54 Å². The molecule has 2 N–H and O–H groups in total. The van der Waals surface area contributed by atoms with E-state index in [9.17, 15) is 15.2 Å². The van der Waals surface area contributed by atoms with E-state index in [1.54, 1.807) is 0 Å². The first-order chi connectivity index (χ1) is 6.68. The number of nitrogens with zero attached hydrogens (tertiary/aromatic N) is 1. The van der Waals surface area contributed by atoms with Crippen LogP contribution in [0.3, 0.4) is 0 Å². The SMILES string of the molecule is Cl.O=[N+]([O-])c1ccc(O)cc1[C@H]1CCN1. The van der Waals surface area contributed by atoms with E-state index < -0.39 is 4.92 Å². The van der Waals surface area contributed by atoms with Crippen molar-refractivity contribution in [1.29, 1.82) is 0 Å². The van der Waals surface area contributed by atoms with Crippen LogP contribution in [0.25, 0.3) is 0 Å². The van der Waals surface area contributed by atoms with Gasteiger partial charge in [-0.1, -0.05) is 0 Å². The van der Waals surface area contributed by atoms with Gasteiger partial charge in [0.1, 0.15) is 5.75 Å². The van der Waals surface area contributed by atoms with Gasteiger partial charge in [-0.25, -0.2) is 0 Å². The molecule has 5 nitrogen and oxygen atoms in total. The standard InChI is InChI=1S/C9H10N2O3.ClH/c12-6-1-2-9(11(13)14)7(5-6)8-3-4-10-8;/h1-2,5,8,10,12H,3-4H2;1H/t8-;/m1./s1. The average Bonchev–Trinajstić information content (AvgIpc) is 2.00. The summed E-state index contributed by atoms with van der Waals surface area (Å²) in [6, 6.07) is 4.14. The molecule has 0 spiro atoms. The summed E-state index contributed by atoms with van der Waals surface area (Å²) in [7, 11) is 0. The Morgan fingerprint density at radius 3 is 2.67 bits per heavy atom. The fraction of sp³-hybridized carbons (Fsp3) is 0.333. The molecule has 0 aromatic heterocycles. The molecule has 6 heteroatoms. The molecule has 2 rings (SSSR count). The van der Waals surface area contributed by atoms with Gasteiger partial charge < -0.3 is 10.4 Å². The smallest absolute Gasteiger partial charge is 0.274 e. The van der Waals surface area contributed by atoms with Crippen molar-refractivity contribution in [3.8, 4) is 5.75 Å². The minimum atomic E-state index is -0.422. The third-order valence-electron chi connectivity index (χ3n) is 2.41. The van der Waals surface area contributed by atoms with Crippen molar-refractivity contribution >= 4 is 18.1 Å². The number of nitrogens with one attached hydrogen (secondary N) is 1. The zero-order chi connectivity index (χ0) is 10.1. The Labute approximate surface area is 92.7 Å². The normalized spacial score (nSPS) is 18.8. The van der Waals surface area contributed by atoms with Crippen LogP contribution in [0.2, 0.25) is 0 Å². The Kier molecular flexibility index (Phi) is 3.49. The number of rotatable bonds is 2. The van der Waals surface area contributed by atoms with Gasteiger partial charge in [0.25, 0.3) is 5.69 Å². The fourth-order valence-electron chi connectivity index (χ4n) is 1.54. The van der Waals surface area contributed by atoms with Crippen molar-refractivity contribution < 1.29 is 10.0 Å². The predicted molar refractivity (Wildman–Crippen MR) is 57.4 cm³/mol. The van der Waals surface area contributed by atoms with Crippen molar-refractivity contribution in [3.63, 3.8) is 0 Å². The van der Waals surface area contributed by atoms with Crippen molar-refractivity contribution in [2.24, 2.45) is 0 Å². The molecule has 1 aliphatic rings. The lowest BCUT2D eigenvalue weighted by Crippen LogP contribution is -2.35. The van der Waals surface area contributed by atoms with E-state index in [-0.39, 0.29) is 29.9 Å². The van der Waals surface area contributed by atoms with Crippen LogP contribution >= 0.6 is 12.4 Å². The largest absolute Gasteiger partial charge is 0.508 e. The topological polar surface area (TPSA) is 75.4 Å². The summed E-state index contributed by atoms with van der Waals surface area (Å²) < 4.78 is 0. The molecule has 15 heavy (non-hydrogen) atoms. The Balaban J connectivity index is 0.00000112. The first kappa shape index (κ1) is 11.7. The Morgan fingerprint density at radius 1 is 1.53 bits per heavy atom. The van der Waals surface area contributed by atoms with Gasteiger partial charge in [0, 0.05) is 12.1 Å². The van der Waals surface area contributed by atoms with Gasteiger partial charge in [-0.3, -0.25) is 10.1 Å². The van der Waals surface area contributed by atoms with Gasteiger partial charge in [-0.15, -0.1) is 12.4 Å². The van der Waals surface area contributed by atoms with Crippen molar-refractivity contribution in [1.82, 2.24) is 5.32 Å². The Bertz CT molecular complexity index is 380. The molecule has 0 radical (unpaired) electrons. The van der Waals surface area contributed by atoms with Gasteiger partial charge in [-0.05, 0) is 25.1 Å². The minimum Gasteiger partial charge on any atom is -0.508 e. The maximum Gasteiger partial charge on any atom is 0.274 e. The summed E-state index contributed by atoms with van der Waals surface area (Å²) >= 11 is 0. The first-order valence-corrected chi connectivity index (χ1v) is 4.39. The summed E-state index contributed by atoms with van der Waals surface area (Å²) in [5, 5.41) is 23.0. The number of nitro benzene ring substituents is 1. The van der Waals surface area contributed by atoms with Gasteiger partial charge in [-0.2, -0.15) is 0 Å². The quantitative estimate of drug-likeness (QED) is 0.600. The second-order valence-electron chi connectivity index (χ2n) is 3.30. The van der Waals surface area contributed by atoms with E-state index in [1.807, 2.05) is 0 Å². The molecule has 0 amide bonds. The van der Waals surface area contributed by atoms with E-state index in [0.717, 1.165) is 13.0 Å². The van der Waals surface area contributed by atoms with E-state index >= 15 is 0 Å². The summed E-state index contributed by atoms with van der Waals surface area (Å²) in [5.74, 6) is 0.0688. The molecule has 0 unspecified atom stereocenters. The summed E-state index contributed by atoms with van der Waals surface area (Å²) in [6.45, 7) is 0.872. The van der Waals surface area contributed by atoms with Crippen LogP contribution in [-0.2, 0) is 0 Å². The lowest BCUT2D eigenvalue weighted by Gasteiger charge is -2.27. The van der Waals surface area contributed by atoms with E-state index in [1.165, 1.54) is 18.2 Å². The highest BCUT2D eigenvalue weighted by molar-refractivity contribution is 5.85. The number of halogens is 1. The molecule has 1 atom stereocenters. The lowest BCUT2D eigenvalue weighted by molar-refractivity contribution is -0.385. The van der Waals surface area contributed by atoms with E-state index in [0.29, 0.717) is 5.56 Å². The molecule has 1 heterocycles. The van der Waals surface area contributed by atoms with Crippen LogP contribution in [0.5, 0.6) is 5.75 Å². The highest BCUT2D eigenvalue weighted by Crippen LogP contribution is 2.33. The number of phenolic OH excluding ortho intramolecular Hbond substituents is 1. The average molecular weight is 231 g/mol. The number of hydrogen-bond acceptors (Lipinski definition) is 4. The first-order valence-electron chi connectivity index (χ1n) is 4.39. The number of nitro groups is 1. The van der Waals surface area contributed by atoms with Gasteiger partial charge >= 0.3 is 0 Å². The van der Waals surface area contributed by atoms with Crippen LogP contribution in [0.4, 0.5) is 5.69 Å². The lowest BCUT2D eigenvalue weighted by atomic mass is 9.96. The monoisotopic (exact) mass is 230 g/mol. The molecule has 1 aliphatic heterocycles. The number of benzene rings is 1. The zero-order valence-corrected chi connectivity index (χ0v) is 8.66. The second-order valence-corrected chi connectivity index (χ2v) is 3.30. The third-order valence-corrected chi connectivity index (χ3v) is 2.41. The van der Waals surface area contributed by atoms with E-state index in [2.05, 4.69) is 5.32 Å². The Hall–Kier alpha value is -1.33. The number of phenols is 1. The number of hydrogen-bond donors (Lipinski definition) is 2. The predicted octanol–water partition coefficient (Wildman–Crippen LogP) is 1.76. The fourth-order valence-corrected chi connectivity index (χ4v) is 1.54. The summed E-state index contributed by atoms with van der Waals surface area (Å²) in [4.78, 5) is 10.3. The van der Waals surface area contributed by atoms with Gasteiger partial charge in [0.05, 0.1) is 10.5 Å². The highest BCUT2D eigenvalue weighted by Gasteiger charge is 2.26. The molecular weight excluding hydrogens is 220 g/mol. The Morgan fingerprint density at radius 2 is 2.20 bits per heavy atom. The van der Waals surface area contributed by atoms with E-state index in [4.69, 9.17) is 0 Å². The maximum absolute atomic E-state index is 10.7. The van der Waals surface area contributed by atoms with Gasteiger partial charge in [0.15, 0.2) is 0 Å². The van der Waals surface area contributed by atoms with Crippen LogP contribution in [0.1, 0.15) is 18.0 Å². The molecule has 82 valence electrons. The highest BCUT2D eigenvalue weighted by atomic mass is 35.5. The second kappa shape index (κ2) is 4.46. The van der Waals surface area contributed by atoms with Crippen LogP contribution < -0.4 is 5.32 Å². The molecular formula is C9H11ClN2O3. The molecule has 0 aliphatic carbocycles. The third kappa shape index (κ3) is 2.19. The van der Waals surface area contributed by atoms with Crippen LogP contribution in [0.15, 0.2) is 18.2 Å². The van der Waals surface area contributed by atoms with Crippen molar-refractivity contribution in [2.45, 2.75) is 12.5 Å². The summed E-state index contributed by atoms with van der Waals surface area (Å²) in [6.07, 6.45) is 0.879. The molecule has 1 aromatic carbocycles. The van der Waals surface area contributed by atoms with Gasteiger partial charge in [0.2, 0.25) is 0 Å². The van der Waals surface area contributed by atoms with Crippen molar-refractivity contribution in [3.05, 3.63) is 33.9 Å². The molecule has 0 bridgehead atoms. The summed E-state index contributed by atoms with van der Waals surface area (Å²) in [5.41, 5.74) is 0.640. The molecule has 0 saturated carbocycles. The minimum absolute atomic E-state index is 0. The van der Waals surface area contributed by atoms with Crippen LogP contribution in [-0.4, -0.2) is 16.6 Å². The molecule has 1 fully saturated rings.